The highest BCUT2D eigenvalue weighted by Gasteiger charge is 2.50. The van der Waals surface area contributed by atoms with Crippen LogP contribution in [0.15, 0.2) is 33.6 Å². The molecule has 3 nitrogen and oxygen atoms in total. The minimum Gasteiger partial charge on any atom is -0.480 e. The quantitative estimate of drug-likeness (QED) is 0.788. The van der Waals surface area contributed by atoms with Gasteiger partial charge in [-0.15, -0.1) is 11.8 Å². The molecule has 1 aromatic carbocycles. The van der Waals surface area contributed by atoms with E-state index >= 15 is 0 Å². The number of hydrogen-bond acceptors (Lipinski definition) is 3. The molecule has 0 aliphatic heterocycles. The number of halogens is 1. The van der Waals surface area contributed by atoms with E-state index in [1.165, 1.54) is 0 Å². The summed E-state index contributed by atoms with van der Waals surface area (Å²) in [6.45, 7) is 0. The first-order valence-corrected chi connectivity index (χ1v) is 7.67. The van der Waals surface area contributed by atoms with Crippen molar-refractivity contribution in [2.24, 2.45) is 5.92 Å². The summed E-state index contributed by atoms with van der Waals surface area (Å²) in [6.07, 6.45) is 2.01. The second kappa shape index (κ2) is 5.63. The van der Waals surface area contributed by atoms with Crippen LogP contribution in [0.3, 0.4) is 0 Å². The number of benzene rings is 1. The zero-order valence-electron chi connectivity index (χ0n) is 10.1. The van der Waals surface area contributed by atoms with Crippen LogP contribution in [0.5, 0.6) is 0 Å². The number of aliphatic carboxylic acids is 1. The molecule has 0 spiro atoms. The van der Waals surface area contributed by atoms with Gasteiger partial charge in [0.1, 0.15) is 5.54 Å². The van der Waals surface area contributed by atoms with Gasteiger partial charge in [-0.3, -0.25) is 4.79 Å². The molecule has 1 saturated carbocycles. The lowest BCUT2D eigenvalue weighted by molar-refractivity contribution is -0.144. The number of carboxylic acid groups (broad SMARTS) is 1. The van der Waals surface area contributed by atoms with Crippen molar-refractivity contribution in [1.82, 2.24) is 5.32 Å². The largest absolute Gasteiger partial charge is 0.480 e. The highest BCUT2D eigenvalue weighted by Crippen LogP contribution is 2.42. The topological polar surface area (TPSA) is 49.3 Å². The van der Waals surface area contributed by atoms with Crippen molar-refractivity contribution in [1.29, 1.82) is 0 Å². The van der Waals surface area contributed by atoms with Crippen LogP contribution in [0.25, 0.3) is 0 Å². The zero-order chi connectivity index (χ0) is 13.2. The Kier molecular flexibility index (Phi) is 4.35. The Balaban J connectivity index is 2.08. The second-order valence-electron chi connectivity index (χ2n) is 4.55. The Morgan fingerprint density at radius 3 is 2.83 bits per heavy atom. The standard InChI is InChI=1S/C13H16BrNO2S/c1-15-13(12(16)17,9-5-6-9)8-18-11-4-2-3-10(14)7-11/h2-4,7,9,15H,5-6,8H2,1H3,(H,16,17). The predicted molar refractivity (Wildman–Crippen MR) is 77.0 cm³/mol. The summed E-state index contributed by atoms with van der Waals surface area (Å²) >= 11 is 5.01. The number of carbonyl (C=O) groups is 1. The Labute approximate surface area is 119 Å². The minimum absolute atomic E-state index is 0.264. The smallest absolute Gasteiger partial charge is 0.325 e. The number of rotatable bonds is 6. The lowest BCUT2D eigenvalue weighted by Gasteiger charge is -2.28. The summed E-state index contributed by atoms with van der Waals surface area (Å²) < 4.78 is 1.02. The van der Waals surface area contributed by atoms with E-state index in [1.807, 2.05) is 24.3 Å². The van der Waals surface area contributed by atoms with Gasteiger partial charge in [0.2, 0.25) is 0 Å². The molecule has 2 rings (SSSR count). The fourth-order valence-corrected chi connectivity index (χ4v) is 3.90. The van der Waals surface area contributed by atoms with Gasteiger partial charge in [-0.2, -0.15) is 0 Å². The van der Waals surface area contributed by atoms with Gasteiger partial charge < -0.3 is 10.4 Å². The molecule has 0 bridgehead atoms. The van der Waals surface area contributed by atoms with E-state index in [1.54, 1.807) is 18.8 Å². The molecule has 0 amide bonds. The molecule has 5 heteroatoms. The van der Waals surface area contributed by atoms with Crippen LogP contribution in [0.4, 0.5) is 0 Å². The summed E-state index contributed by atoms with van der Waals surface area (Å²) in [5.74, 6) is 0.0783. The monoisotopic (exact) mass is 329 g/mol. The van der Waals surface area contributed by atoms with Crippen LogP contribution >= 0.6 is 27.7 Å². The number of thioether (sulfide) groups is 1. The third-order valence-corrected chi connectivity index (χ3v) is 5.04. The summed E-state index contributed by atoms with van der Waals surface area (Å²) in [5, 5.41) is 12.5. The normalized spacial score (nSPS) is 18.3. The van der Waals surface area contributed by atoms with Crippen LogP contribution < -0.4 is 5.32 Å². The Morgan fingerprint density at radius 1 is 1.61 bits per heavy atom. The van der Waals surface area contributed by atoms with Crippen molar-refractivity contribution < 1.29 is 9.90 Å². The van der Waals surface area contributed by atoms with Gasteiger partial charge in [-0.25, -0.2) is 0 Å². The number of likely N-dealkylation sites (N-methyl/N-ethyl adjacent to an activating group) is 1. The van der Waals surface area contributed by atoms with Crippen LogP contribution in [-0.2, 0) is 4.79 Å². The summed E-state index contributed by atoms with van der Waals surface area (Å²) in [6, 6.07) is 7.95. The lowest BCUT2D eigenvalue weighted by Crippen LogP contribution is -2.54. The molecule has 0 radical (unpaired) electrons. The van der Waals surface area contributed by atoms with Crippen molar-refractivity contribution in [3.8, 4) is 0 Å². The van der Waals surface area contributed by atoms with E-state index in [-0.39, 0.29) is 5.92 Å². The number of nitrogens with one attached hydrogen (secondary N) is 1. The van der Waals surface area contributed by atoms with Crippen molar-refractivity contribution in [3.05, 3.63) is 28.7 Å². The number of hydrogen-bond donors (Lipinski definition) is 2. The van der Waals surface area contributed by atoms with E-state index in [4.69, 9.17) is 0 Å². The van der Waals surface area contributed by atoms with E-state index in [0.717, 1.165) is 22.2 Å². The SMILES string of the molecule is CNC(CSc1cccc(Br)c1)(C(=O)O)C1CC1. The molecule has 0 aromatic heterocycles. The fourth-order valence-electron chi connectivity index (χ4n) is 2.07. The van der Waals surface area contributed by atoms with Crippen molar-refractivity contribution in [2.45, 2.75) is 23.3 Å². The van der Waals surface area contributed by atoms with Gasteiger partial charge >= 0.3 is 5.97 Å². The predicted octanol–water partition coefficient (Wildman–Crippen LogP) is 2.99. The molecule has 1 aromatic rings. The number of carboxylic acids is 1. The van der Waals surface area contributed by atoms with E-state index < -0.39 is 11.5 Å². The molecule has 1 unspecified atom stereocenters. The molecule has 1 aliphatic rings. The summed E-state index contributed by atoms with van der Waals surface area (Å²) in [5.41, 5.74) is -0.785. The third kappa shape index (κ3) is 2.90. The fraction of sp³-hybridized carbons (Fsp3) is 0.462. The Hall–Kier alpha value is -0.520. The van der Waals surface area contributed by atoms with Crippen LogP contribution in [0, 0.1) is 5.92 Å². The molecule has 1 fully saturated rings. The first-order chi connectivity index (χ1) is 8.58. The molecule has 18 heavy (non-hydrogen) atoms. The highest BCUT2D eigenvalue weighted by molar-refractivity contribution is 9.10. The molecule has 0 saturated heterocycles. The van der Waals surface area contributed by atoms with Crippen molar-refractivity contribution in [2.75, 3.05) is 12.8 Å². The molecule has 2 N–H and O–H groups in total. The average Bonchev–Trinajstić information content (AvgIpc) is 3.15. The molecule has 1 atom stereocenters. The molecule has 0 heterocycles. The zero-order valence-corrected chi connectivity index (χ0v) is 12.6. The Morgan fingerprint density at radius 2 is 2.33 bits per heavy atom. The Bertz CT molecular complexity index is 450. The van der Waals surface area contributed by atoms with E-state index in [9.17, 15) is 9.90 Å². The second-order valence-corrected chi connectivity index (χ2v) is 6.51. The highest BCUT2D eigenvalue weighted by atomic mass is 79.9. The maximum atomic E-state index is 11.5. The van der Waals surface area contributed by atoms with E-state index in [0.29, 0.717) is 5.75 Å². The average molecular weight is 330 g/mol. The van der Waals surface area contributed by atoms with Gasteiger partial charge in [0.15, 0.2) is 0 Å². The molecule has 98 valence electrons. The minimum atomic E-state index is -0.785. The molecule has 1 aliphatic carbocycles. The van der Waals surface area contributed by atoms with Crippen molar-refractivity contribution >= 4 is 33.7 Å². The first-order valence-electron chi connectivity index (χ1n) is 5.89. The van der Waals surface area contributed by atoms with Gasteiger partial charge in [0, 0.05) is 15.1 Å². The summed E-state index contributed by atoms with van der Waals surface area (Å²) in [7, 11) is 1.74. The first kappa shape index (κ1) is 13.9. The van der Waals surface area contributed by atoms with Crippen LogP contribution in [-0.4, -0.2) is 29.4 Å². The summed E-state index contributed by atoms with van der Waals surface area (Å²) in [4.78, 5) is 12.6. The lowest BCUT2D eigenvalue weighted by atomic mass is 9.96. The maximum Gasteiger partial charge on any atom is 0.325 e. The van der Waals surface area contributed by atoms with Crippen molar-refractivity contribution in [3.63, 3.8) is 0 Å². The third-order valence-electron chi connectivity index (χ3n) is 3.36. The van der Waals surface area contributed by atoms with Gasteiger partial charge in [-0.1, -0.05) is 22.0 Å². The molecular formula is C13H16BrNO2S. The maximum absolute atomic E-state index is 11.5. The van der Waals surface area contributed by atoms with E-state index in [2.05, 4.69) is 21.2 Å². The van der Waals surface area contributed by atoms with Crippen LogP contribution in [0.1, 0.15) is 12.8 Å². The van der Waals surface area contributed by atoms with Gasteiger partial charge in [-0.05, 0) is 44.0 Å². The van der Waals surface area contributed by atoms with Gasteiger partial charge in [0.05, 0.1) is 0 Å². The van der Waals surface area contributed by atoms with Gasteiger partial charge in [0.25, 0.3) is 0 Å². The molecular weight excluding hydrogens is 314 g/mol. The van der Waals surface area contributed by atoms with Crippen LogP contribution in [0.2, 0.25) is 0 Å².